The number of para-hydroxylation sites is 1. The molecule has 15 heavy (non-hydrogen) atoms. The van der Waals surface area contributed by atoms with Gasteiger partial charge in [0.05, 0.1) is 5.03 Å². The predicted molar refractivity (Wildman–Crippen MR) is 60.8 cm³/mol. The molecule has 81 valence electrons. The SMILES string of the molecule is [CH]=C(Cl)C(O)C(C)(C)Oc1ccccc1. The fourth-order valence-corrected chi connectivity index (χ4v) is 1.44. The van der Waals surface area contributed by atoms with Gasteiger partial charge in [0.1, 0.15) is 17.5 Å². The fourth-order valence-electron chi connectivity index (χ4n) is 1.18. The van der Waals surface area contributed by atoms with Crippen molar-refractivity contribution in [2.75, 3.05) is 0 Å². The fraction of sp³-hybridized carbons (Fsp3) is 0.333. The zero-order valence-electron chi connectivity index (χ0n) is 8.77. The summed E-state index contributed by atoms with van der Waals surface area (Å²) in [5.41, 5.74) is -0.854. The highest BCUT2D eigenvalue weighted by atomic mass is 35.5. The molecule has 0 amide bonds. The summed E-state index contributed by atoms with van der Waals surface area (Å²) in [6.07, 6.45) is -1.01. The van der Waals surface area contributed by atoms with Crippen LogP contribution in [0.5, 0.6) is 5.75 Å². The molecule has 0 spiro atoms. The van der Waals surface area contributed by atoms with Crippen molar-refractivity contribution in [3.63, 3.8) is 0 Å². The van der Waals surface area contributed by atoms with E-state index < -0.39 is 11.7 Å². The van der Waals surface area contributed by atoms with Crippen LogP contribution >= 0.6 is 11.6 Å². The summed E-state index contributed by atoms with van der Waals surface area (Å²) in [4.78, 5) is 0. The van der Waals surface area contributed by atoms with Crippen molar-refractivity contribution >= 4 is 11.6 Å². The lowest BCUT2D eigenvalue weighted by Gasteiger charge is -2.30. The maximum absolute atomic E-state index is 9.70. The molecule has 0 aliphatic heterocycles. The highest BCUT2D eigenvalue weighted by Crippen LogP contribution is 2.25. The van der Waals surface area contributed by atoms with Crippen molar-refractivity contribution in [3.05, 3.63) is 41.9 Å². The van der Waals surface area contributed by atoms with Gasteiger partial charge in [0, 0.05) is 0 Å². The highest BCUT2D eigenvalue weighted by Gasteiger charge is 2.31. The second-order valence-electron chi connectivity index (χ2n) is 3.81. The standard InChI is InChI=1S/C12H14ClO2/c1-9(13)11(14)12(2,3)15-10-7-5-4-6-8-10/h1,4-8,11,14H,2-3H3. The quantitative estimate of drug-likeness (QED) is 0.854. The van der Waals surface area contributed by atoms with Gasteiger partial charge in [0.25, 0.3) is 0 Å². The molecule has 0 aliphatic rings. The van der Waals surface area contributed by atoms with E-state index in [1.165, 1.54) is 0 Å². The van der Waals surface area contributed by atoms with E-state index in [0.717, 1.165) is 0 Å². The van der Waals surface area contributed by atoms with E-state index in [0.29, 0.717) is 5.75 Å². The Morgan fingerprint density at radius 3 is 2.40 bits per heavy atom. The van der Waals surface area contributed by atoms with Gasteiger partial charge in [-0.1, -0.05) is 29.8 Å². The lowest BCUT2D eigenvalue weighted by atomic mass is 10.0. The van der Waals surface area contributed by atoms with E-state index in [2.05, 4.69) is 0 Å². The average molecular weight is 226 g/mol. The molecule has 1 rings (SSSR count). The molecular formula is C12H14ClO2. The van der Waals surface area contributed by atoms with Gasteiger partial charge in [-0.05, 0) is 32.6 Å². The molecule has 0 aromatic heterocycles. The highest BCUT2D eigenvalue weighted by molar-refractivity contribution is 6.29. The van der Waals surface area contributed by atoms with Crippen LogP contribution in [0.3, 0.4) is 0 Å². The third-order valence-corrected chi connectivity index (χ3v) is 2.25. The average Bonchev–Trinajstić information content (AvgIpc) is 2.17. The van der Waals surface area contributed by atoms with Crippen LogP contribution in [0, 0.1) is 6.58 Å². The zero-order chi connectivity index (χ0) is 11.5. The minimum absolute atomic E-state index is 0.0732. The molecule has 1 aromatic carbocycles. The number of halogens is 1. The van der Waals surface area contributed by atoms with Crippen LogP contribution in [-0.4, -0.2) is 16.8 Å². The number of aliphatic hydroxyl groups is 1. The van der Waals surface area contributed by atoms with Crippen LogP contribution in [0.25, 0.3) is 0 Å². The molecule has 1 aromatic rings. The Labute approximate surface area is 95.1 Å². The summed E-state index contributed by atoms with van der Waals surface area (Å²) in [5, 5.41) is 9.62. The first-order valence-corrected chi connectivity index (χ1v) is 5.01. The second kappa shape index (κ2) is 4.69. The summed E-state index contributed by atoms with van der Waals surface area (Å²) < 4.78 is 5.59. The first kappa shape index (κ1) is 12.1. The molecule has 0 fully saturated rings. The van der Waals surface area contributed by atoms with Crippen molar-refractivity contribution < 1.29 is 9.84 Å². The second-order valence-corrected chi connectivity index (χ2v) is 4.24. The maximum Gasteiger partial charge on any atom is 0.134 e. The van der Waals surface area contributed by atoms with Gasteiger partial charge in [-0.25, -0.2) is 0 Å². The zero-order valence-corrected chi connectivity index (χ0v) is 9.53. The van der Waals surface area contributed by atoms with E-state index in [4.69, 9.17) is 22.9 Å². The van der Waals surface area contributed by atoms with Crippen molar-refractivity contribution in [1.29, 1.82) is 0 Å². The summed E-state index contributed by atoms with van der Waals surface area (Å²) >= 11 is 5.54. The Bertz CT molecular complexity index is 333. The molecule has 0 aliphatic carbocycles. The van der Waals surface area contributed by atoms with Gasteiger partial charge in [-0.3, -0.25) is 0 Å². The first-order chi connectivity index (χ1) is 6.93. The smallest absolute Gasteiger partial charge is 0.134 e. The monoisotopic (exact) mass is 225 g/mol. The van der Waals surface area contributed by atoms with Gasteiger partial charge in [0.2, 0.25) is 0 Å². The molecule has 1 unspecified atom stereocenters. The first-order valence-electron chi connectivity index (χ1n) is 4.63. The Balaban J connectivity index is 2.76. The number of hydrogen-bond donors (Lipinski definition) is 1. The molecule has 3 heteroatoms. The largest absolute Gasteiger partial charge is 0.485 e. The van der Waals surface area contributed by atoms with Gasteiger partial charge in [0.15, 0.2) is 0 Å². The van der Waals surface area contributed by atoms with E-state index in [1.807, 2.05) is 18.2 Å². The van der Waals surface area contributed by atoms with Gasteiger partial charge in [-0.15, -0.1) is 0 Å². The van der Waals surface area contributed by atoms with Crippen molar-refractivity contribution in [2.24, 2.45) is 0 Å². The minimum atomic E-state index is -1.01. The maximum atomic E-state index is 9.70. The molecule has 0 bridgehead atoms. The lowest BCUT2D eigenvalue weighted by molar-refractivity contribution is -0.00410. The van der Waals surface area contributed by atoms with Crippen LogP contribution in [0.4, 0.5) is 0 Å². The Hall–Kier alpha value is -0.990. The van der Waals surface area contributed by atoms with Gasteiger partial charge < -0.3 is 9.84 Å². The third-order valence-electron chi connectivity index (χ3n) is 2.04. The molecule has 0 heterocycles. The van der Waals surface area contributed by atoms with Crippen LogP contribution in [0.2, 0.25) is 0 Å². The number of ether oxygens (including phenoxy) is 1. The summed E-state index contributed by atoms with van der Waals surface area (Å²) in [6.45, 7) is 8.77. The third kappa shape index (κ3) is 3.26. The molecule has 2 nitrogen and oxygen atoms in total. The molecule has 1 atom stereocenters. The van der Waals surface area contributed by atoms with E-state index >= 15 is 0 Å². The van der Waals surface area contributed by atoms with Gasteiger partial charge in [-0.2, -0.15) is 0 Å². The molecule has 0 saturated heterocycles. The molecular weight excluding hydrogens is 212 g/mol. The Kier molecular flexibility index (Phi) is 3.77. The van der Waals surface area contributed by atoms with Gasteiger partial charge >= 0.3 is 0 Å². The van der Waals surface area contributed by atoms with Crippen molar-refractivity contribution in [3.8, 4) is 5.75 Å². The summed E-state index contributed by atoms with van der Waals surface area (Å²) in [5.74, 6) is 0.666. The lowest BCUT2D eigenvalue weighted by Crippen LogP contribution is -2.42. The topological polar surface area (TPSA) is 29.5 Å². The minimum Gasteiger partial charge on any atom is -0.485 e. The number of aliphatic hydroxyl groups excluding tert-OH is 1. The van der Waals surface area contributed by atoms with Crippen LogP contribution < -0.4 is 4.74 Å². The summed E-state index contributed by atoms with van der Waals surface area (Å²) in [7, 11) is 0. The number of rotatable bonds is 4. The summed E-state index contributed by atoms with van der Waals surface area (Å²) in [6, 6.07) is 9.20. The predicted octanol–water partition coefficient (Wildman–Crippen LogP) is 2.76. The van der Waals surface area contributed by atoms with E-state index in [-0.39, 0.29) is 5.03 Å². The molecule has 1 N–H and O–H groups in total. The number of benzene rings is 1. The molecule has 0 saturated carbocycles. The van der Waals surface area contributed by atoms with Crippen molar-refractivity contribution in [2.45, 2.75) is 25.6 Å². The van der Waals surface area contributed by atoms with Crippen molar-refractivity contribution in [1.82, 2.24) is 0 Å². The normalized spacial score (nSPS) is 13.3. The van der Waals surface area contributed by atoms with Crippen LogP contribution in [0.1, 0.15) is 13.8 Å². The Morgan fingerprint density at radius 1 is 1.40 bits per heavy atom. The van der Waals surface area contributed by atoms with Crippen LogP contribution in [0.15, 0.2) is 35.4 Å². The molecule has 1 radical (unpaired) electrons. The number of hydrogen-bond acceptors (Lipinski definition) is 2. The van der Waals surface area contributed by atoms with E-state index in [1.54, 1.807) is 26.0 Å². The van der Waals surface area contributed by atoms with E-state index in [9.17, 15) is 5.11 Å². The Morgan fingerprint density at radius 2 is 1.93 bits per heavy atom. The van der Waals surface area contributed by atoms with Crippen LogP contribution in [-0.2, 0) is 0 Å².